The molecule has 6 heteroatoms. The number of carbonyl (C=O) groups excluding carboxylic acids is 1. The molecule has 0 aliphatic carbocycles. The predicted octanol–water partition coefficient (Wildman–Crippen LogP) is 1.79. The van der Waals surface area contributed by atoms with Crippen LogP contribution in [-0.2, 0) is 16.0 Å². The summed E-state index contributed by atoms with van der Waals surface area (Å²) >= 11 is 1.51. The lowest BCUT2D eigenvalue weighted by Gasteiger charge is -2.26. The highest BCUT2D eigenvalue weighted by Gasteiger charge is 2.17. The van der Waals surface area contributed by atoms with E-state index in [2.05, 4.69) is 4.98 Å². The van der Waals surface area contributed by atoms with Gasteiger partial charge in [-0.15, -0.1) is 11.3 Å². The Morgan fingerprint density at radius 3 is 2.67 bits per heavy atom. The van der Waals surface area contributed by atoms with Gasteiger partial charge in [-0.2, -0.15) is 0 Å². The van der Waals surface area contributed by atoms with Crippen LogP contribution < -0.4 is 0 Å². The van der Waals surface area contributed by atoms with E-state index < -0.39 is 5.97 Å². The highest BCUT2D eigenvalue weighted by Crippen LogP contribution is 2.08. The number of hydrogen-bond donors (Lipinski definition) is 1. The van der Waals surface area contributed by atoms with Crippen LogP contribution in [0.3, 0.4) is 0 Å². The van der Waals surface area contributed by atoms with E-state index in [1.165, 1.54) is 11.3 Å². The molecule has 0 spiro atoms. The van der Waals surface area contributed by atoms with Crippen molar-refractivity contribution in [3.8, 4) is 0 Å². The number of hydrogen-bond acceptors (Lipinski definition) is 4. The summed E-state index contributed by atoms with van der Waals surface area (Å²) in [6.07, 6.45) is 0.973. The van der Waals surface area contributed by atoms with E-state index in [9.17, 15) is 9.59 Å². The third kappa shape index (κ3) is 4.83. The Labute approximate surface area is 110 Å². The number of thiazole rings is 1. The second kappa shape index (κ2) is 7.10. The minimum atomic E-state index is -0.882. The Kier molecular flexibility index (Phi) is 5.77. The maximum Gasteiger partial charge on any atom is 0.305 e. The molecule has 0 aromatic carbocycles. The van der Waals surface area contributed by atoms with Gasteiger partial charge in [0.15, 0.2) is 0 Å². The van der Waals surface area contributed by atoms with Gasteiger partial charge in [0, 0.05) is 24.4 Å². The molecule has 0 aliphatic rings. The average molecular weight is 270 g/mol. The van der Waals surface area contributed by atoms with Crippen LogP contribution in [-0.4, -0.2) is 39.5 Å². The molecule has 5 nitrogen and oxygen atoms in total. The lowest BCUT2D eigenvalue weighted by Crippen LogP contribution is -2.38. The summed E-state index contributed by atoms with van der Waals surface area (Å²) in [5.41, 5.74) is 2.65. The highest BCUT2D eigenvalue weighted by molar-refractivity contribution is 7.07. The fourth-order valence-electron chi connectivity index (χ4n) is 1.63. The van der Waals surface area contributed by atoms with E-state index in [4.69, 9.17) is 5.11 Å². The molecule has 1 heterocycles. The minimum Gasteiger partial charge on any atom is -0.481 e. The molecule has 1 N–H and O–H groups in total. The second-order valence-corrected chi connectivity index (χ2v) is 5.02. The number of carbonyl (C=O) groups is 2. The van der Waals surface area contributed by atoms with Crippen LogP contribution in [0.2, 0.25) is 0 Å². The number of aliphatic carboxylic acids is 1. The summed E-state index contributed by atoms with van der Waals surface area (Å²) in [4.78, 5) is 28.3. The van der Waals surface area contributed by atoms with Crippen molar-refractivity contribution in [2.75, 3.05) is 6.54 Å². The molecular weight excluding hydrogens is 252 g/mol. The van der Waals surface area contributed by atoms with Gasteiger partial charge in [0.05, 0.1) is 17.6 Å². The summed E-state index contributed by atoms with van der Waals surface area (Å²) in [6.45, 7) is 4.05. The maximum atomic E-state index is 12.0. The van der Waals surface area contributed by atoms with Gasteiger partial charge in [0.25, 0.3) is 0 Å². The van der Waals surface area contributed by atoms with Crippen molar-refractivity contribution in [1.29, 1.82) is 0 Å². The number of aromatic nitrogens is 1. The minimum absolute atomic E-state index is 0.0133. The predicted molar refractivity (Wildman–Crippen MR) is 69.5 cm³/mol. The Balaban J connectivity index is 2.46. The first-order valence-electron chi connectivity index (χ1n) is 5.89. The van der Waals surface area contributed by atoms with E-state index in [-0.39, 0.29) is 24.9 Å². The van der Waals surface area contributed by atoms with Crippen molar-refractivity contribution >= 4 is 23.2 Å². The third-order valence-electron chi connectivity index (χ3n) is 2.59. The first kappa shape index (κ1) is 14.6. The zero-order valence-corrected chi connectivity index (χ0v) is 11.4. The normalized spacial score (nSPS) is 10.6. The SMILES string of the molecule is CC(C)N(CCC(=O)O)C(=O)CCc1cscn1. The fraction of sp³-hybridized carbons (Fsp3) is 0.583. The Bertz CT molecular complexity index is 390. The van der Waals surface area contributed by atoms with Crippen LogP contribution >= 0.6 is 11.3 Å². The molecule has 0 atom stereocenters. The van der Waals surface area contributed by atoms with Crippen LogP contribution in [0.25, 0.3) is 0 Å². The van der Waals surface area contributed by atoms with Crippen LogP contribution in [0, 0.1) is 0 Å². The molecule has 1 aromatic heterocycles. The number of carboxylic acid groups (broad SMARTS) is 1. The molecule has 0 unspecified atom stereocenters. The lowest BCUT2D eigenvalue weighted by atomic mass is 10.2. The fourth-order valence-corrected chi connectivity index (χ4v) is 2.22. The van der Waals surface area contributed by atoms with Crippen molar-refractivity contribution in [1.82, 2.24) is 9.88 Å². The quantitative estimate of drug-likeness (QED) is 0.820. The van der Waals surface area contributed by atoms with E-state index in [0.29, 0.717) is 12.8 Å². The molecule has 1 rings (SSSR count). The number of rotatable bonds is 7. The molecule has 0 aliphatic heterocycles. The summed E-state index contributed by atoms with van der Waals surface area (Å²) in [6, 6.07) is 0.0206. The number of amides is 1. The Morgan fingerprint density at radius 1 is 1.44 bits per heavy atom. The van der Waals surface area contributed by atoms with Gasteiger partial charge < -0.3 is 10.0 Å². The zero-order chi connectivity index (χ0) is 13.5. The molecule has 0 fully saturated rings. The molecule has 1 aromatic rings. The first-order valence-corrected chi connectivity index (χ1v) is 6.83. The van der Waals surface area contributed by atoms with Crippen LogP contribution in [0.1, 0.15) is 32.4 Å². The number of nitrogens with zero attached hydrogens (tertiary/aromatic N) is 2. The van der Waals surface area contributed by atoms with Crippen molar-refractivity contribution < 1.29 is 14.7 Å². The Morgan fingerprint density at radius 2 is 2.17 bits per heavy atom. The molecule has 0 radical (unpaired) electrons. The van der Waals surface area contributed by atoms with E-state index in [0.717, 1.165) is 5.69 Å². The summed E-state index contributed by atoms with van der Waals surface area (Å²) in [7, 11) is 0. The van der Waals surface area contributed by atoms with Gasteiger partial charge in [-0.25, -0.2) is 4.98 Å². The molecular formula is C12H18N2O3S. The van der Waals surface area contributed by atoms with Crippen molar-refractivity contribution in [2.24, 2.45) is 0 Å². The summed E-state index contributed by atoms with van der Waals surface area (Å²) < 4.78 is 0. The van der Waals surface area contributed by atoms with Crippen LogP contribution in [0.15, 0.2) is 10.9 Å². The van der Waals surface area contributed by atoms with Crippen LogP contribution in [0.5, 0.6) is 0 Å². The van der Waals surface area contributed by atoms with Gasteiger partial charge in [-0.05, 0) is 20.3 Å². The third-order valence-corrected chi connectivity index (χ3v) is 3.22. The average Bonchev–Trinajstić information content (AvgIpc) is 2.78. The Hall–Kier alpha value is -1.43. The lowest BCUT2D eigenvalue weighted by molar-refractivity contribution is -0.139. The van der Waals surface area contributed by atoms with Gasteiger partial charge in [0.1, 0.15) is 0 Å². The van der Waals surface area contributed by atoms with E-state index in [1.54, 1.807) is 10.4 Å². The molecule has 0 saturated heterocycles. The van der Waals surface area contributed by atoms with Crippen molar-refractivity contribution in [3.63, 3.8) is 0 Å². The summed E-state index contributed by atoms with van der Waals surface area (Å²) in [5, 5.41) is 10.6. The van der Waals surface area contributed by atoms with E-state index >= 15 is 0 Å². The largest absolute Gasteiger partial charge is 0.481 e. The summed E-state index contributed by atoms with van der Waals surface area (Å²) in [5.74, 6) is -0.896. The smallest absolute Gasteiger partial charge is 0.305 e. The second-order valence-electron chi connectivity index (χ2n) is 4.30. The monoisotopic (exact) mass is 270 g/mol. The first-order chi connectivity index (χ1) is 8.50. The number of aryl methyl sites for hydroxylation is 1. The van der Waals surface area contributed by atoms with Crippen molar-refractivity contribution in [2.45, 2.75) is 39.2 Å². The molecule has 1 amide bonds. The molecule has 18 heavy (non-hydrogen) atoms. The van der Waals surface area contributed by atoms with Gasteiger partial charge in [-0.3, -0.25) is 9.59 Å². The highest BCUT2D eigenvalue weighted by atomic mass is 32.1. The molecule has 100 valence electrons. The molecule has 0 saturated carbocycles. The van der Waals surface area contributed by atoms with E-state index in [1.807, 2.05) is 19.2 Å². The van der Waals surface area contributed by atoms with Crippen LogP contribution in [0.4, 0.5) is 0 Å². The zero-order valence-electron chi connectivity index (χ0n) is 10.6. The molecule has 0 bridgehead atoms. The van der Waals surface area contributed by atoms with Gasteiger partial charge >= 0.3 is 5.97 Å². The van der Waals surface area contributed by atoms with Gasteiger partial charge in [0.2, 0.25) is 5.91 Å². The van der Waals surface area contributed by atoms with Gasteiger partial charge in [-0.1, -0.05) is 0 Å². The maximum absolute atomic E-state index is 12.0. The topological polar surface area (TPSA) is 70.5 Å². The standard InChI is InChI=1S/C12H18N2O3S/c1-9(2)14(6-5-12(16)17)11(15)4-3-10-7-18-8-13-10/h7-9H,3-6H2,1-2H3,(H,16,17). The number of carboxylic acids is 1. The van der Waals surface area contributed by atoms with Crippen molar-refractivity contribution in [3.05, 3.63) is 16.6 Å².